The summed E-state index contributed by atoms with van der Waals surface area (Å²) in [4.78, 5) is 6.63. The molecule has 1 aromatic heterocycles. The summed E-state index contributed by atoms with van der Waals surface area (Å²) in [5, 5.41) is 0. The van der Waals surface area contributed by atoms with E-state index in [1.807, 2.05) is 24.3 Å². The van der Waals surface area contributed by atoms with Crippen molar-refractivity contribution in [3.8, 4) is 0 Å². The average Bonchev–Trinajstić information content (AvgIpc) is 2.46. The van der Waals surface area contributed by atoms with Crippen LogP contribution in [0.25, 0.3) is 11.1 Å². The molecule has 0 bridgehead atoms. The first-order valence-electron chi connectivity index (χ1n) is 3.39. The van der Waals surface area contributed by atoms with E-state index >= 15 is 0 Å². The van der Waals surface area contributed by atoms with E-state index < -0.39 is 15.8 Å². The molecule has 0 N–H and O–H groups in total. The van der Waals surface area contributed by atoms with E-state index in [1.165, 1.54) is 0 Å². The zero-order chi connectivity index (χ0) is 8.55. The molecule has 0 saturated carbocycles. The number of para-hydroxylation sites is 2. The van der Waals surface area contributed by atoms with Gasteiger partial charge in [-0.2, -0.15) is 0 Å². The average molecular weight is 387 g/mol. The second-order valence-corrected chi connectivity index (χ2v) is 13.8. The first-order chi connectivity index (χ1) is 5.77. The van der Waals surface area contributed by atoms with Gasteiger partial charge in [-0.25, -0.2) is 0 Å². The van der Waals surface area contributed by atoms with Crippen molar-refractivity contribution in [2.45, 2.75) is 0 Å². The van der Waals surface area contributed by atoms with Crippen LogP contribution in [0.4, 0.5) is 0 Å². The summed E-state index contributed by atoms with van der Waals surface area (Å²) in [6.07, 6.45) is 0. The van der Waals surface area contributed by atoms with Gasteiger partial charge >= 0.3 is 88.1 Å². The summed E-state index contributed by atoms with van der Waals surface area (Å²) in [6, 6.07) is 7.90. The van der Waals surface area contributed by atoms with Crippen LogP contribution in [0, 0.1) is 3.90 Å². The maximum absolute atomic E-state index is 5.58. The predicted octanol–water partition coefficient (Wildman–Crippen LogP) is 3.48. The van der Waals surface area contributed by atoms with E-state index in [2.05, 4.69) is 28.5 Å². The normalized spacial score (nSPS) is 12.0. The summed E-state index contributed by atoms with van der Waals surface area (Å²) in [6.45, 7) is 0. The number of benzene rings is 1. The molecule has 12 heavy (non-hydrogen) atoms. The van der Waals surface area contributed by atoms with Gasteiger partial charge in [0.25, 0.3) is 0 Å². The summed E-state index contributed by atoms with van der Waals surface area (Å²) < 4.78 is 6.54. The van der Waals surface area contributed by atoms with Crippen LogP contribution >= 0.6 is 34.5 Å². The minimum absolute atomic E-state index is 0.910. The molecule has 2 aromatic rings. The Morgan fingerprint density at radius 2 is 2.17 bits per heavy atom. The number of fused-ring (bicyclic) bond motifs is 1. The third kappa shape index (κ3) is 1.59. The summed E-state index contributed by atoms with van der Waals surface area (Å²) >= 11 is 1.37. The first kappa shape index (κ1) is 8.74. The van der Waals surface area contributed by atoms with E-state index in [-0.39, 0.29) is 0 Å². The van der Waals surface area contributed by atoms with Crippen LogP contribution < -0.4 is 0 Å². The van der Waals surface area contributed by atoms with Crippen molar-refractivity contribution >= 4 is 45.6 Å². The van der Waals surface area contributed by atoms with Crippen LogP contribution in [-0.4, -0.2) is 9.91 Å². The molecular formula is C8H7I2NO. The summed E-state index contributed by atoms with van der Waals surface area (Å²) in [7, 11) is 0. The van der Waals surface area contributed by atoms with Gasteiger partial charge in [0.1, 0.15) is 0 Å². The molecule has 0 aliphatic heterocycles. The van der Waals surface area contributed by atoms with Crippen molar-refractivity contribution in [1.82, 2.24) is 4.98 Å². The number of hydrogen-bond donors (Lipinski definition) is 0. The van der Waals surface area contributed by atoms with Crippen molar-refractivity contribution < 1.29 is 4.42 Å². The van der Waals surface area contributed by atoms with Gasteiger partial charge in [-0.3, -0.25) is 0 Å². The third-order valence-corrected chi connectivity index (χ3v) is 5.56. The fourth-order valence-electron chi connectivity index (χ4n) is 0.955. The van der Waals surface area contributed by atoms with Crippen molar-refractivity contribution in [2.24, 2.45) is 0 Å². The molecule has 0 radical (unpaired) electrons. The fourth-order valence-corrected chi connectivity index (χ4v) is 3.26. The predicted molar refractivity (Wildman–Crippen MR) is 66.7 cm³/mol. The van der Waals surface area contributed by atoms with Crippen molar-refractivity contribution in [1.29, 1.82) is 0 Å². The Morgan fingerprint density at radius 3 is 2.83 bits per heavy atom. The van der Waals surface area contributed by atoms with Crippen LogP contribution in [0.1, 0.15) is 0 Å². The Balaban J connectivity index is 2.62. The molecule has 0 unspecified atom stereocenters. The second kappa shape index (κ2) is 3.49. The summed E-state index contributed by atoms with van der Waals surface area (Å²) in [5.41, 5.74) is 1.89. The van der Waals surface area contributed by atoms with Gasteiger partial charge in [-0.15, -0.1) is 0 Å². The maximum atomic E-state index is 5.58. The monoisotopic (exact) mass is 387 g/mol. The number of alkyl halides is 1. The Hall–Kier alpha value is 0.150. The van der Waals surface area contributed by atoms with Gasteiger partial charge < -0.3 is 0 Å². The third-order valence-electron chi connectivity index (χ3n) is 1.49. The van der Waals surface area contributed by atoms with E-state index in [9.17, 15) is 0 Å². The molecule has 0 atom stereocenters. The zero-order valence-corrected chi connectivity index (χ0v) is 10.7. The van der Waals surface area contributed by atoms with Crippen LogP contribution in [0.15, 0.2) is 28.7 Å². The minimum atomic E-state index is -1.07. The molecule has 0 aliphatic carbocycles. The molecule has 0 fully saturated rings. The molecule has 0 saturated heterocycles. The molecule has 2 rings (SSSR count). The first-order valence-corrected chi connectivity index (χ1v) is 12.9. The molecule has 0 aliphatic rings. The van der Waals surface area contributed by atoms with E-state index in [1.54, 1.807) is 0 Å². The molecule has 4 heteroatoms. The molecule has 2 nitrogen and oxygen atoms in total. The number of hydrogen-bond acceptors (Lipinski definition) is 2. The molecular weight excluding hydrogens is 380 g/mol. The number of oxazole rings is 1. The fraction of sp³-hybridized carbons (Fsp3) is 0.125. The van der Waals surface area contributed by atoms with Gasteiger partial charge in [0, 0.05) is 0 Å². The zero-order valence-electron chi connectivity index (χ0n) is 6.42. The van der Waals surface area contributed by atoms with E-state index in [0.717, 1.165) is 15.0 Å². The van der Waals surface area contributed by atoms with E-state index in [4.69, 9.17) is 4.42 Å². The van der Waals surface area contributed by atoms with Gasteiger partial charge in [0.05, 0.1) is 0 Å². The number of aromatic nitrogens is 1. The SMILES string of the molecule is CI(I)c1nc2ccccc2o1. The Kier molecular flexibility index (Phi) is 2.54. The van der Waals surface area contributed by atoms with Crippen LogP contribution in [0.5, 0.6) is 0 Å². The van der Waals surface area contributed by atoms with Gasteiger partial charge in [-0.05, 0) is 0 Å². The molecule has 1 heterocycles. The Morgan fingerprint density at radius 1 is 1.42 bits per heavy atom. The number of nitrogens with zero attached hydrogens (tertiary/aromatic N) is 1. The van der Waals surface area contributed by atoms with Gasteiger partial charge in [0.15, 0.2) is 0 Å². The van der Waals surface area contributed by atoms with Crippen molar-refractivity contribution in [3.63, 3.8) is 0 Å². The van der Waals surface area contributed by atoms with E-state index in [0.29, 0.717) is 0 Å². The van der Waals surface area contributed by atoms with Crippen LogP contribution in [-0.2, 0) is 0 Å². The topological polar surface area (TPSA) is 26.0 Å². The molecule has 64 valence electrons. The molecule has 0 spiro atoms. The number of halogens is 2. The molecule has 0 amide bonds. The van der Waals surface area contributed by atoms with Crippen molar-refractivity contribution in [2.75, 3.05) is 4.93 Å². The quantitative estimate of drug-likeness (QED) is 0.554. The van der Waals surface area contributed by atoms with Crippen LogP contribution in [0.3, 0.4) is 0 Å². The summed E-state index contributed by atoms with van der Waals surface area (Å²) in [5.74, 6) is 0. The molecule has 1 aromatic carbocycles. The second-order valence-electron chi connectivity index (χ2n) is 2.34. The van der Waals surface area contributed by atoms with Crippen molar-refractivity contribution in [3.05, 3.63) is 28.2 Å². The van der Waals surface area contributed by atoms with Gasteiger partial charge in [-0.1, -0.05) is 0 Å². The van der Waals surface area contributed by atoms with Crippen LogP contribution in [0.2, 0.25) is 0 Å². The van der Waals surface area contributed by atoms with Gasteiger partial charge in [0.2, 0.25) is 0 Å². The Bertz CT molecular complexity index is 364. The standard InChI is InChI=1S/C8H7I2NO/c1-10(9)8-11-6-4-2-3-5-7(6)12-8/h2-5H,1H3. The Labute approximate surface area is 87.3 Å². The number of rotatable bonds is 1.